The van der Waals surface area contributed by atoms with Gasteiger partial charge >= 0.3 is 5.97 Å². The number of carbonyl (C=O) groups is 2. The molecule has 0 aliphatic carbocycles. The zero-order valence-corrected chi connectivity index (χ0v) is 9.95. The Kier molecular flexibility index (Phi) is 3.88. The molecular weight excluding hydrogens is 234 g/mol. The molecule has 6 heteroatoms. The molecule has 0 radical (unpaired) electrons. The molecule has 2 heterocycles. The van der Waals surface area contributed by atoms with Crippen LogP contribution in [-0.4, -0.2) is 58.4 Å². The summed E-state index contributed by atoms with van der Waals surface area (Å²) in [6, 6.07) is 3.07. The molecule has 1 amide bonds. The molecule has 0 saturated carbocycles. The van der Waals surface area contributed by atoms with E-state index in [4.69, 9.17) is 5.11 Å². The Hall–Kier alpha value is -1.95. The largest absolute Gasteiger partial charge is 0.478 e. The predicted octanol–water partition coefficient (Wildman–Crippen LogP) is 0.0538. The normalized spacial score (nSPS) is 16.6. The minimum Gasteiger partial charge on any atom is -0.478 e. The van der Waals surface area contributed by atoms with Gasteiger partial charge in [-0.2, -0.15) is 0 Å². The number of carboxylic acids is 1. The smallest absolute Gasteiger partial charge is 0.335 e. The van der Waals surface area contributed by atoms with E-state index in [9.17, 15) is 9.59 Å². The Morgan fingerprint density at radius 1 is 1.39 bits per heavy atom. The first kappa shape index (κ1) is 12.5. The van der Waals surface area contributed by atoms with E-state index >= 15 is 0 Å². The van der Waals surface area contributed by atoms with E-state index in [0.29, 0.717) is 19.6 Å². The zero-order chi connectivity index (χ0) is 13.0. The SMILES string of the molecule is O=CN1CCN(Cc2cc(C(=O)O)ccn2)CC1. The molecule has 6 nitrogen and oxygen atoms in total. The van der Waals surface area contributed by atoms with Crippen molar-refractivity contribution >= 4 is 12.4 Å². The number of rotatable bonds is 4. The molecule has 1 saturated heterocycles. The van der Waals surface area contributed by atoms with Gasteiger partial charge in [0.15, 0.2) is 0 Å². The lowest BCUT2D eigenvalue weighted by molar-refractivity contribution is -0.119. The van der Waals surface area contributed by atoms with Crippen LogP contribution in [0.25, 0.3) is 0 Å². The highest BCUT2D eigenvalue weighted by atomic mass is 16.4. The first-order valence-electron chi connectivity index (χ1n) is 5.79. The Morgan fingerprint density at radius 2 is 2.11 bits per heavy atom. The van der Waals surface area contributed by atoms with Crippen LogP contribution in [0.3, 0.4) is 0 Å². The van der Waals surface area contributed by atoms with Crippen molar-refractivity contribution in [3.63, 3.8) is 0 Å². The number of carbonyl (C=O) groups excluding carboxylic acids is 1. The molecule has 1 aromatic rings. The molecule has 0 spiro atoms. The predicted molar refractivity (Wildman–Crippen MR) is 64.1 cm³/mol. The van der Waals surface area contributed by atoms with Crippen molar-refractivity contribution in [1.29, 1.82) is 0 Å². The van der Waals surface area contributed by atoms with Gasteiger partial charge in [-0.15, -0.1) is 0 Å². The summed E-state index contributed by atoms with van der Waals surface area (Å²) < 4.78 is 0. The molecule has 2 rings (SSSR count). The first-order valence-corrected chi connectivity index (χ1v) is 5.79. The Bertz CT molecular complexity index is 442. The van der Waals surface area contributed by atoms with Crippen LogP contribution in [0.15, 0.2) is 18.3 Å². The molecular formula is C12H15N3O3. The van der Waals surface area contributed by atoms with Gasteiger partial charge in [-0.1, -0.05) is 0 Å². The van der Waals surface area contributed by atoms with Crippen molar-refractivity contribution in [2.24, 2.45) is 0 Å². The standard InChI is InChI=1S/C12H15N3O3/c16-9-15-5-3-14(4-6-15)8-11-7-10(12(17)18)1-2-13-11/h1-2,7,9H,3-6,8H2,(H,17,18). The van der Waals surface area contributed by atoms with Gasteiger partial charge in [-0.25, -0.2) is 4.79 Å². The molecule has 1 aliphatic heterocycles. The summed E-state index contributed by atoms with van der Waals surface area (Å²) in [6.45, 7) is 3.62. The number of aromatic carboxylic acids is 1. The van der Waals surface area contributed by atoms with E-state index in [-0.39, 0.29) is 5.56 Å². The second kappa shape index (κ2) is 5.59. The average molecular weight is 249 g/mol. The number of amides is 1. The Labute approximate surface area is 105 Å². The second-order valence-corrected chi connectivity index (χ2v) is 4.26. The minimum atomic E-state index is -0.940. The number of aromatic nitrogens is 1. The quantitative estimate of drug-likeness (QED) is 0.763. The lowest BCUT2D eigenvalue weighted by Gasteiger charge is -2.32. The van der Waals surface area contributed by atoms with Gasteiger partial charge in [0.2, 0.25) is 6.41 Å². The van der Waals surface area contributed by atoms with Crippen molar-refractivity contribution in [3.05, 3.63) is 29.6 Å². The van der Waals surface area contributed by atoms with Gasteiger partial charge in [0, 0.05) is 38.9 Å². The van der Waals surface area contributed by atoms with Gasteiger partial charge < -0.3 is 10.0 Å². The van der Waals surface area contributed by atoms with Crippen LogP contribution < -0.4 is 0 Å². The summed E-state index contributed by atoms with van der Waals surface area (Å²) in [4.78, 5) is 29.5. The number of carboxylic acid groups (broad SMARTS) is 1. The molecule has 0 bridgehead atoms. The lowest BCUT2D eigenvalue weighted by atomic mass is 10.2. The number of hydrogen-bond acceptors (Lipinski definition) is 4. The molecule has 1 N–H and O–H groups in total. The Morgan fingerprint density at radius 3 is 2.72 bits per heavy atom. The van der Waals surface area contributed by atoms with E-state index in [0.717, 1.165) is 25.2 Å². The van der Waals surface area contributed by atoms with E-state index in [1.54, 1.807) is 11.0 Å². The van der Waals surface area contributed by atoms with Gasteiger partial charge in [0.25, 0.3) is 0 Å². The van der Waals surface area contributed by atoms with Crippen molar-refractivity contribution in [1.82, 2.24) is 14.8 Å². The fourth-order valence-electron chi connectivity index (χ4n) is 1.95. The van der Waals surface area contributed by atoms with E-state index in [1.807, 2.05) is 0 Å². The van der Waals surface area contributed by atoms with Gasteiger partial charge in [0.05, 0.1) is 11.3 Å². The maximum atomic E-state index is 10.8. The number of hydrogen-bond donors (Lipinski definition) is 1. The van der Waals surface area contributed by atoms with E-state index < -0.39 is 5.97 Å². The summed E-state index contributed by atoms with van der Waals surface area (Å²) in [5.74, 6) is -0.940. The van der Waals surface area contributed by atoms with Crippen LogP contribution in [-0.2, 0) is 11.3 Å². The maximum Gasteiger partial charge on any atom is 0.335 e. The molecule has 0 unspecified atom stereocenters. The highest BCUT2D eigenvalue weighted by Crippen LogP contribution is 2.08. The van der Waals surface area contributed by atoms with Crippen LogP contribution in [0.2, 0.25) is 0 Å². The summed E-state index contributed by atoms with van der Waals surface area (Å²) in [6.07, 6.45) is 2.38. The average Bonchev–Trinajstić information content (AvgIpc) is 2.40. The third kappa shape index (κ3) is 3.04. The van der Waals surface area contributed by atoms with Crippen LogP contribution in [0.5, 0.6) is 0 Å². The van der Waals surface area contributed by atoms with Gasteiger partial charge in [0.1, 0.15) is 0 Å². The third-order valence-electron chi connectivity index (χ3n) is 3.01. The van der Waals surface area contributed by atoms with Gasteiger partial charge in [-0.3, -0.25) is 14.7 Å². The number of pyridine rings is 1. The summed E-state index contributed by atoms with van der Waals surface area (Å²) in [5, 5.41) is 8.89. The molecule has 1 fully saturated rings. The molecule has 18 heavy (non-hydrogen) atoms. The topological polar surface area (TPSA) is 73.7 Å². The van der Waals surface area contributed by atoms with Crippen LogP contribution in [0, 0.1) is 0 Å². The molecule has 0 aromatic carbocycles. The fourth-order valence-corrected chi connectivity index (χ4v) is 1.95. The monoisotopic (exact) mass is 249 g/mol. The molecule has 1 aliphatic rings. The van der Waals surface area contributed by atoms with Crippen molar-refractivity contribution < 1.29 is 14.7 Å². The Balaban J connectivity index is 1.95. The number of piperazine rings is 1. The maximum absolute atomic E-state index is 10.8. The second-order valence-electron chi connectivity index (χ2n) is 4.26. The minimum absolute atomic E-state index is 0.256. The van der Waals surface area contributed by atoms with Crippen LogP contribution in [0.4, 0.5) is 0 Å². The summed E-state index contributed by atoms with van der Waals surface area (Å²) in [5.41, 5.74) is 1.00. The highest BCUT2D eigenvalue weighted by molar-refractivity contribution is 5.87. The van der Waals surface area contributed by atoms with Crippen molar-refractivity contribution in [2.45, 2.75) is 6.54 Å². The number of nitrogens with zero attached hydrogens (tertiary/aromatic N) is 3. The molecule has 1 aromatic heterocycles. The molecule has 96 valence electrons. The summed E-state index contributed by atoms with van der Waals surface area (Å²) in [7, 11) is 0. The van der Waals surface area contributed by atoms with Crippen LogP contribution in [0.1, 0.15) is 16.1 Å². The molecule has 0 atom stereocenters. The lowest BCUT2D eigenvalue weighted by Crippen LogP contribution is -2.45. The van der Waals surface area contributed by atoms with Crippen LogP contribution >= 0.6 is 0 Å². The first-order chi connectivity index (χ1) is 8.69. The van der Waals surface area contributed by atoms with E-state index in [2.05, 4.69) is 9.88 Å². The van der Waals surface area contributed by atoms with Crippen molar-refractivity contribution in [3.8, 4) is 0 Å². The summed E-state index contributed by atoms with van der Waals surface area (Å²) >= 11 is 0. The van der Waals surface area contributed by atoms with Crippen molar-refractivity contribution in [2.75, 3.05) is 26.2 Å². The highest BCUT2D eigenvalue weighted by Gasteiger charge is 2.16. The third-order valence-corrected chi connectivity index (χ3v) is 3.01. The van der Waals surface area contributed by atoms with E-state index in [1.165, 1.54) is 12.3 Å². The van der Waals surface area contributed by atoms with Gasteiger partial charge in [-0.05, 0) is 12.1 Å². The fraction of sp³-hybridized carbons (Fsp3) is 0.417. The zero-order valence-electron chi connectivity index (χ0n) is 9.95.